The molecule has 0 spiro atoms. The summed E-state index contributed by atoms with van der Waals surface area (Å²) in [5.74, 6) is 1.59. The van der Waals surface area contributed by atoms with Crippen LogP contribution in [0.2, 0.25) is 0 Å². The molecule has 118 valence electrons. The van der Waals surface area contributed by atoms with Crippen molar-refractivity contribution in [3.63, 3.8) is 0 Å². The minimum Gasteiger partial charge on any atom is -0.493 e. The zero-order valence-electron chi connectivity index (χ0n) is 13.9. The Labute approximate surface area is 128 Å². The first-order valence-electron chi connectivity index (χ1n) is 7.71. The Kier molecular flexibility index (Phi) is 5.12. The molecule has 4 nitrogen and oxygen atoms in total. The van der Waals surface area contributed by atoms with E-state index in [9.17, 15) is 0 Å². The van der Waals surface area contributed by atoms with Crippen molar-refractivity contribution in [2.24, 2.45) is 0 Å². The van der Waals surface area contributed by atoms with Crippen LogP contribution < -0.4 is 14.8 Å². The molecule has 0 saturated carbocycles. The van der Waals surface area contributed by atoms with Gasteiger partial charge in [0.05, 0.1) is 14.2 Å². The van der Waals surface area contributed by atoms with Crippen LogP contribution in [0, 0.1) is 0 Å². The summed E-state index contributed by atoms with van der Waals surface area (Å²) in [5.41, 5.74) is 1.48. The van der Waals surface area contributed by atoms with E-state index >= 15 is 0 Å². The molecule has 1 fully saturated rings. The number of hydrogen-bond donors (Lipinski definition) is 1. The molecule has 0 radical (unpaired) electrons. The van der Waals surface area contributed by atoms with Gasteiger partial charge in [0.15, 0.2) is 11.5 Å². The van der Waals surface area contributed by atoms with Gasteiger partial charge in [0.25, 0.3) is 0 Å². The molecule has 2 atom stereocenters. The molecule has 0 bridgehead atoms. The van der Waals surface area contributed by atoms with Crippen molar-refractivity contribution >= 4 is 0 Å². The lowest BCUT2D eigenvalue weighted by Crippen LogP contribution is -2.61. The molecule has 1 aliphatic rings. The minimum absolute atomic E-state index is 0.211. The highest BCUT2D eigenvalue weighted by atomic mass is 16.5. The number of nitrogens with one attached hydrogen (secondary N) is 1. The number of hydrogen-bond acceptors (Lipinski definition) is 4. The second kappa shape index (κ2) is 6.67. The summed E-state index contributed by atoms with van der Waals surface area (Å²) in [6.45, 7) is 9.89. The van der Waals surface area contributed by atoms with E-state index in [2.05, 4.69) is 43.1 Å². The first-order chi connectivity index (χ1) is 10.0. The summed E-state index contributed by atoms with van der Waals surface area (Å²) in [5, 5.41) is 3.67. The molecule has 4 heteroatoms. The van der Waals surface area contributed by atoms with E-state index in [1.165, 1.54) is 5.56 Å². The molecule has 1 aromatic carbocycles. The summed E-state index contributed by atoms with van der Waals surface area (Å²) >= 11 is 0. The molecule has 0 aliphatic carbocycles. The predicted octanol–water partition coefficient (Wildman–Crippen LogP) is 2.67. The summed E-state index contributed by atoms with van der Waals surface area (Å²) < 4.78 is 10.7. The number of benzene rings is 1. The zero-order chi connectivity index (χ0) is 15.5. The maximum absolute atomic E-state index is 5.40. The quantitative estimate of drug-likeness (QED) is 0.904. The summed E-state index contributed by atoms with van der Waals surface area (Å²) in [6.07, 6.45) is 1.14. The molecule has 2 rings (SSSR count). The Hall–Kier alpha value is -1.26. The van der Waals surface area contributed by atoms with Gasteiger partial charge in [0.2, 0.25) is 0 Å². The van der Waals surface area contributed by atoms with Crippen molar-refractivity contribution in [1.29, 1.82) is 0 Å². The van der Waals surface area contributed by atoms with E-state index in [-0.39, 0.29) is 5.54 Å². The molecule has 1 N–H and O–H groups in total. The van der Waals surface area contributed by atoms with Gasteiger partial charge in [-0.15, -0.1) is 0 Å². The van der Waals surface area contributed by atoms with Gasteiger partial charge < -0.3 is 14.8 Å². The Morgan fingerprint density at radius 2 is 2.00 bits per heavy atom. The van der Waals surface area contributed by atoms with E-state index in [4.69, 9.17) is 9.47 Å². The number of rotatable bonds is 5. The second-order valence-corrected chi connectivity index (χ2v) is 6.24. The molecule has 1 aromatic rings. The van der Waals surface area contributed by atoms with E-state index in [1.54, 1.807) is 14.2 Å². The maximum atomic E-state index is 5.40. The number of nitrogens with zero attached hydrogens (tertiary/aromatic N) is 1. The van der Waals surface area contributed by atoms with Crippen LogP contribution in [0.15, 0.2) is 18.2 Å². The first-order valence-corrected chi connectivity index (χ1v) is 7.71. The molecular formula is C17H28N2O2. The molecule has 2 unspecified atom stereocenters. The number of ether oxygens (including phenoxy) is 2. The SMILES string of the molecule is CCC1(C)CN(Cc2ccc(OC)c(OC)c2)C(C)CN1. The highest BCUT2D eigenvalue weighted by molar-refractivity contribution is 5.42. The molecule has 0 aromatic heterocycles. The van der Waals surface area contributed by atoms with E-state index < -0.39 is 0 Å². The van der Waals surface area contributed by atoms with Gasteiger partial charge in [0, 0.05) is 31.2 Å². The van der Waals surface area contributed by atoms with E-state index in [1.807, 2.05) is 6.07 Å². The maximum Gasteiger partial charge on any atom is 0.161 e. The van der Waals surface area contributed by atoms with Crippen LogP contribution in [0.1, 0.15) is 32.8 Å². The van der Waals surface area contributed by atoms with Crippen molar-refractivity contribution in [3.05, 3.63) is 23.8 Å². The van der Waals surface area contributed by atoms with Crippen LogP contribution in [-0.4, -0.2) is 43.8 Å². The first kappa shape index (κ1) is 16.1. The molecule has 1 aliphatic heterocycles. The number of piperazine rings is 1. The fourth-order valence-corrected chi connectivity index (χ4v) is 2.85. The molecule has 1 saturated heterocycles. The van der Waals surface area contributed by atoms with Gasteiger partial charge in [-0.3, -0.25) is 4.90 Å². The second-order valence-electron chi connectivity index (χ2n) is 6.24. The van der Waals surface area contributed by atoms with Crippen LogP contribution in [0.4, 0.5) is 0 Å². The third-order valence-electron chi connectivity index (χ3n) is 4.61. The Bertz CT molecular complexity index is 478. The molecule has 21 heavy (non-hydrogen) atoms. The van der Waals surface area contributed by atoms with E-state index in [0.717, 1.165) is 37.6 Å². The standard InChI is InChI=1S/C17H28N2O2/c1-6-17(3)12-19(13(2)10-18-17)11-14-7-8-15(20-4)16(9-14)21-5/h7-9,13,18H,6,10-12H2,1-5H3. The van der Waals surface area contributed by atoms with Crippen LogP contribution >= 0.6 is 0 Å². The van der Waals surface area contributed by atoms with Crippen molar-refractivity contribution in [1.82, 2.24) is 10.2 Å². The van der Waals surface area contributed by atoms with Crippen molar-refractivity contribution in [3.8, 4) is 11.5 Å². The Morgan fingerprint density at radius 3 is 2.62 bits per heavy atom. The van der Waals surface area contributed by atoms with Gasteiger partial charge in [-0.05, 0) is 38.0 Å². The fourth-order valence-electron chi connectivity index (χ4n) is 2.85. The van der Waals surface area contributed by atoms with Crippen LogP contribution in [-0.2, 0) is 6.54 Å². The average molecular weight is 292 g/mol. The Morgan fingerprint density at radius 1 is 1.29 bits per heavy atom. The third kappa shape index (κ3) is 3.69. The van der Waals surface area contributed by atoms with Crippen molar-refractivity contribution in [2.45, 2.75) is 45.3 Å². The van der Waals surface area contributed by atoms with Gasteiger partial charge >= 0.3 is 0 Å². The lowest BCUT2D eigenvalue weighted by Gasteiger charge is -2.45. The van der Waals surface area contributed by atoms with Crippen molar-refractivity contribution < 1.29 is 9.47 Å². The van der Waals surface area contributed by atoms with E-state index in [0.29, 0.717) is 6.04 Å². The highest BCUT2D eigenvalue weighted by Gasteiger charge is 2.32. The largest absolute Gasteiger partial charge is 0.493 e. The Balaban J connectivity index is 2.12. The monoisotopic (exact) mass is 292 g/mol. The molecule has 1 heterocycles. The molecular weight excluding hydrogens is 264 g/mol. The predicted molar refractivity (Wildman–Crippen MR) is 86.1 cm³/mol. The van der Waals surface area contributed by atoms with Crippen molar-refractivity contribution in [2.75, 3.05) is 27.3 Å². The summed E-state index contributed by atoms with van der Waals surface area (Å²) in [4.78, 5) is 2.54. The normalized spacial score (nSPS) is 26.6. The summed E-state index contributed by atoms with van der Waals surface area (Å²) in [6, 6.07) is 6.73. The number of methoxy groups -OCH3 is 2. The zero-order valence-corrected chi connectivity index (χ0v) is 13.9. The van der Waals surface area contributed by atoms with Gasteiger partial charge in [-0.1, -0.05) is 13.0 Å². The average Bonchev–Trinajstić information content (AvgIpc) is 2.51. The fraction of sp³-hybridized carbons (Fsp3) is 0.647. The topological polar surface area (TPSA) is 33.7 Å². The third-order valence-corrected chi connectivity index (χ3v) is 4.61. The lowest BCUT2D eigenvalue weighted by molar-refractivity contribution is 0.0865. The smallest absolute Gasteiger partial charge is 0.161 e. The molecule has 0 amide bonds. The lowest BCUT2D eigenvalue weighted by atomic mass is 9.93. The van der Waals surface area contributed by atoms with Crippen LogP contribution in [0.25, 0.3) is 0 Å². The van der Waals surface area contributed by atoms with Crippen LogP contribution in [0.5, 0.6) is 11.5 Å². The highest BCUT2D eigenvalue weighted by Crippen LogP contribution is 2.29. The van der Waals surface area contributed by atoms with Gasteiger partial charge in [-0.25, -0.2) is 0 Å². The minimum atomic E-state index is 0.211. The summed E-state index contributed by atoms with van der Waals surface area (Å²) in [7, 11) is 3.35. The van der Waals surface area contributed by atoms with Gasteiger partial charge in [0.1, 0.15) is 0 Å². The van der Waals surface area contributed by atoms with Crippen LogP contribution in [0.3, 0.4) is 0 Å². The van der Waals surface area contributed by atoms with Gasteiger partial charge in [-0.2, -0.15) is 0 Å².